The number of likely N-dealkylation sites (tertiary alicyclic amines) is 1. The van der Waals surface area contributed by atoms with E-state index >= 15 is 0 Å². The van der Waals surface area contributed by atoms with E-state index in [1.165, 1.54) is 0 Å². The lowest BCUT2D eigenvalue weighted by atomic mass is 10.0. The summed E-state index contributed by atoms with van der Waals surface area (Å²) in [6.07, 6.45) is 1.86. The van der Waals surface area contributed by atoms with Crippen LogP contribution in [0.5, 0.6) is 0 Å². The normalized spacial score (nSPS) is 16.4. The number of piperidine rings is 1. The Kier molecular flexibility index (Phi) is 5.15. The standard InChI is InChI=1S/C16H23NO3/c1-12-4-3-5-15(13(12)2)16(19)17-8-6-14(7-9-17)20-11-10-18/h3-5,14,18H,6-11H2,1-2H3. The average molecular weight is 277 g/mol. The molecule has 4 nitrogen and oxygen atoms in total. The third-order valence-electron chi connectivity index (χ3n) is 4.01. The van der Waals surface area contributed by atoms with Gasteiger partial charge < -0.3 is 14.7 Å². The number of aliphatic hydroxyl groups is 1. The fraction of sp³-hybridized carbons (Fsp3) is 0.562. The molecule has 20 heavy (non-hydrogen) atoms. The number of aliphatic hydroxyl groups excluding tert-OH is 1. The SMILES string of the molecule is Cc1cccc(C(=O)N2CCC(OCCO)CC2)c1C. The second kappa shape index (κ2) is 6.86. The van der Waals surface area contributed by atoms with Crippen molar-refractivity contribution in [2.75, 3.05) is 26.3 Å². The predicted molar refractivity (Wildman–Crippen MR) is 77.9 cm³/mol. The number of nitrogens with zero attached hydrogens (tertiary/aromatic N) is 1. The first-order chi connectivity index (χ1) is 9.63. The van der Waals surface area contributed by atoms with Gasteiger partial charge in [-0.2, -0.15) is 0 Å². The van der Waals surface area contributed by atoms with Gasteiger partial charge in [-0.25, -0.2) is 0 Å². The van der Waals surface area contributed by atoms with Gasteiger partial charge in [-0.1, -0.05) is 12.1 Å². The molecular weight excluding hydrogens is 254 g/mol. The van der Waals surface area contributed by atoms with Crippen molar-refractivity contribution in [1.82, 2.24) is 4.90 Å². The molecule has 110 valence electrons. The topological polar surface area (TPSA) is 49.8 Å². The van der Waals surface area contributed by atoms with Crippen LogP contribution in [0.25, 0.3) is 0 Å². The summed E-state index contributed by atoms with van der Waals surface area (Å²) in [4.78, 5) is 14.4. The van der Waals surface area contributed by atoms with E-state index in [1.807, 2.05) is 36.9 Å². The van der Waals surface area contributed by atoms with E-state index in [0.717, 1.165) is 42.6 Å². The highest BCUT2D eigenvalue weighted by Crippen LogP contribution is 2.19. The molecule has 1 heterocycles. The first kappa shape index (κ1) is 15.0. The molecule has 0 radical (unpaired) electrons. The Bertz CT molecular complexity index is 465. The number of aryl methyl sites for hydroxylation is 1. The fourth-order valence-corrected chi connectivity index (χ4v) is 2.60. The number of carbonyl (C=O) groups is 1. The maximum absolute atomic E-state index is 12.5. The molecule has 1 aromatic rings. The van der Waals surface area contributed by atoms with Gasteiger partial charge >= 0.3 is 0 Å². The Labute approximate surface area is 120 Å². The van der Waals surface area contributed by atoms with Crippen LogP contribution in [0.3, 0.4) is 0 Å². The third kappa shape index (κ3) is 3.38. The summed E-state index contributed by atoms with van der Waals surface area (Å²) in [5, 5.41) is 8.75. The van der Waals surface area contributed by atoms with Crippen molar-refractivity contribution < 1.29 is 14.6 Å². The average Bonchev–Trinajstić information content (AvgIpc) is 2.48. The Balaban J connectivity index is 1.96. The van der Waals surface area contributed by atoms with Gasteiger partial charge in [0.25, 0.3) is 5.91 Å². The van der Waals surface area contributed by atoms with E-state index in [-0.39, 0.29) is 18.6 Å². The number of ether oxygens (including phenoxy) is 1. The third-order valence-corrected chi connectivity index (χ3v) is 4.01. The number of benzene rings is 1. The fourth-order valence-electron chi connectivity index (χ4n) is 2.60. The molecule has 4 heteroatoms. The maximum Gasteiger partial charge on any atom is 0.254 e. The van der Waals surface area contributed by atoms with Crippen LogP contribution in [0.4, 0.5) is 0 Å². The molecule has 0 spiro atoms. The van der Waals surface area contributed by atoms with Crippen molar-refractivity contribution in [1.29, 1.82) is 0 Å². The molecule has 1 aliphatic heterocycles. The highest BCUT2D eigenvalue weighted by atomic mass is 16.5. The lowest BCUT2D eigenvalue weighted by Gasteiger charge is -2.32. The summed E-state index contributed by atoms with van der Waals surface area (Å²) < 4.78 is 5.52. The first-order valence-corrected chi connectivity index (χ1v) is 7.21. The zero-order valence-electron chi connectivity index (χ0n) is 12.3. The van der Waals surface area contributed by atoms with Crippen LogP contribution in [0, 0.1) is 13.8 Å². The van der Waals surface area contributed by atoms with Crippen LogP contribution in [0.15, 0.2) is 18.2 Å². The lowest BCUT2D eigenvalue weighted by Crippen LogP contribution is -2.41. The highest BCUT2D eigenvalue weighted by Gasteiger charge is 2.24. The van der Waals surface area contributed by atoms with Crippen LogP contribution in [0.2, 0.25) is 0 Å². The second-order valence-corrected chi connectivity index (χ2v) is 5.33. The van der Waals surface area contributed by atoms with E-state index < -0.39 is 0 Å². The van der Waals surface area contributed by atoms with E-state index in [2.05, 4.69) is 0 Å². The Morgan fingerprint density at radius 3 is 2.70 bits per heavy atom. The van der Waals surface area contributed by atoms with Gasteiger partial charge in [0.1, 0.15) is 0 Å². The summed E-state index contributed by atoms with van der Waals surface area (Å²) in [5.74, 6) is 0.117. The predicted octanol–water partition coefficient (Wildman–Crippen LogP) is 1.92. The largest absolute Gasteiger partial charge is 0.394 e. The van der Waals surface area contributed by atoms with Gasteiger partial charge in [0.05, 0.1) is 19.3 Å². The molecule has 0 bridgehead atoms. The summed E-state index contributed by atoms with van der Waals surface area (Å²) in [6, 6.07) is 5.87. The molecule has 1 saturated heterocycles. The molecule has 1 N–H and O–H groups in total. The Morgan fingerprint density at radius 1 is 1.35 bits per heavy atom. The molecule has 0 unspecified atom stereocenters. The quantitative estimate of drug-likeness (QED) is 0.914. The zero-order valence-corrected chi connectivity index (χ0v) is 12.3. The zero-order chi connectivity index (χ0) is 14.5. The van der Waals surface area contributed by atoms with Crippen LogP contribution >= 0.6 is 0 Å². The van der Waals surface area contributed by atoms with Gasteiger partial charge in [0, 0.05) is 18.7 Å². The van der Waals surface area contributed by atoms with Crippen molar-refractivity contribution in [3.63, 3.8) is 0 Å². The Hall–Kier alpha value is -1.39. The number of amides is 1. The molecule has 0 aliphatic carbocycles. The van der Waals surface area contributed by atoms with Gasteiger partial charge in [0.15, 0.2) is 0 Å². The number of carbonyl (C=O) groups excluding carboxylic acids is 1. The summed E-state index contributed by atoms with van der Waals surface area (Å²) in [7, 11) is 0. The summed E-state index contributed by atoms with van der Waals surface area (Å²) >= 11 is 0. The molecule has 0 saturated carbocycles. The Morgan fingerprint density at radius 2 is 2.05 bits per heavy atom. The van der Waals surface area contributed by atoms with Crippen molar-refractivity contribution in [2.24, 2.45) is 0 Å². The van der Waals surface area contributed by atoms with Gasteiger partial charge in [0.2, 0.25) is 0 Å². The molecular formula is C16H23NO3. The molecule has 0 aromatic heterocycles. The minimum absolute atomic E-state index is 0.0572. The first-order valence-electron chi connectivity index (χ1n) is 7.21. The minimum atomic E-state index is 0.0572. The van der Waals surface area contributed by atoms with Crippen LogP contribution in [0.1, 0.15) is 34.3 Å². The number of hydrogen-bond donors (Lipinski definition) is 1. The molecule has 2 rings (SSSR count). The van der Waals surface area contributed by atoms with Crippen molar-refractivity contribution >= 4 is 5.91 Å². The second-order valence-electron chi connectivity index (χ2n) is 5.33. The molecule has 1 aromatic carbocycles. The smallest absolute Gasteiger partial charge is 0.254 e. The van der Waals surface area contributed by atoms with E-state index in [4.69, 9.17) is 9.84 Å². The number of hydrogen-bond acceptors (Lipinski definition) is 3. The summed E-state index contributed by atoms with van der Waals surface area (Å²) in [6.45, 7) is 5.92. The molecule has 1 aliphatic rings. The minimum Gasteiger partial charge on any atom is -0.394 e. The monoisotopic (exact) mass is 277 g/mol. The van der Waals surface area contributed by atoms with E-state index in [1.54, 1.807) is 0 Å². The summed E-state index contributed by atoms with van der Waals surface area (Å²) in [5.41, 5.74) is 3.02. The van der Waals surface area contributed by atoms with Crippen LogP contribution in [-0.2, 0) is 4.74 Å². The van der Waals surface area contributed by atoms with Crippen molar-refractivity contribution in [3.8, 4) is 0 Å². The van der Waals surface area contributed by atoms with Crippen molar-refractivity contribution in [3.05, 3.63) is 34.9 Å². The number of rotatable bonds is 4. The van der Waals surface area contributed by atoms with Gasteiger partial charge in [-0.05, 0) is 43.9 Å². The highest BCUT2D eigenvalue weighted by molar-refractivity contribution is 5.96. The van der Waals surface area contributed by atoms with Crippen LogP contribution in [-0.4, -0.2) is 48.3 Å². The van der Waals surface area contributed by atoms with Gasteiger partial charge in [-0.3, -0.25) is 4.79 Å². The van der Waals surface area contributed by atoms with Gasteiger partial charge in [-0.15, -0.1) is 0 Å². The maximum atomic E-state index is 12.5. The van der Waals surface area contributed by atoms with Crippen LogP contribution < -0.4 is 0 Å². The molecule has 0 atom stereocenters. The van der Waals surface area contributed by atoms with E-state index in [9.17, 15) is 4.79 Å². The lowest BCUT2D eigenvalue weighted by molar-refractivity contribution is -0.00555. The van der Waals surface area contributed by atoms with E-state index in [0.29, 0.717) is 6.61 Å². The molecule has 1 amide bonds. The van der Waals surface area contributed by atoms with Crippen molar-refractivity contribution in [2.45, 2.75) is 32.8 Å². The molecule has 1 fully saturated rings.